The lowest BCUT2D eigenvalue weighted by Gasteiger charge is -2.24. The van der Waals surface area contributed by atoms with Crippen LogP contribution >= 0.6 is 0 Å². The number of hydrogen-bond donors (Lipinski definition) is 2. The Labute approximate surface area is 192 Å². The Bertz CT molecular complexity index is 428. The fraction of sp³-hybridized carbons (Fsp3) is 0.923. The third kappa shape index (κ3) is 19.3. The molecule has 184 valence electrons. The zero-order chi connectivity index (χ0) is 23.2. The minimum absolute atomic E-state index is 0.0844. The quantitative estimate of drug-likeness (QED) is 0.149. The number of amides is 1. The van der Waals surface area contributed by atoms with Gasteiger partial charge in [-0.05, 0) is 25.7 Å². The molecular formula is C26H51NO4. The van der Waals surface area contributed by atoms with E-state index in [2.05, 4.69) is 23.9 Å². The topological polar surface area (TPSA) is 75.6 Å². The van der Waals surface area contributed by atoms with Crippen LogP contribution in [0.25, 0.3) is 0 Å². The number of carbonyl (C=O) groups is 2. The molecule has 1 amide bonds. The van der Waals surface area contributed by atoms with Crippen LogP contribution in [-0.2, 0) is 14.3 Å². The van der Waals surface area contributed by atoms with Crippen molar-refractivity contribution in [2.75, 3.05) is 7.11 Å². The molecule has 0 aliphatic rings. The lowest BCUT2D eigenvalue weighted by atomic mass is 9.97. The van der Waals surface area contributed by atoms with E-state index >= 15 is 0 Å². The van der Waals surface area contributed by atoms with Gasteiger partial charge in [0.05, 0.1) is 19.3 Å². The number of unbranched alkanes of at least 4 members (excludes halogenated alkanes) is 12. The minimum Gasteiger partial charge on any atom is -0.469 e. The molecule has 31 heavy (non-hydrogen) atoms. The molecule has 2 N–H and O–H groups in total. The maximum atomic E-state index is 12.4. The van der Waals surface area contributed by atoms with Crippen molar-refractivity contribution in [1.29, 1.82) is 0 Å². The molecule has 0 bridgehead atoms. The van der Waals surface area contributed by atoms with Crippen LogP contribution in [0.5, 0.6) is 0 Å². The van der Waals surface area contributed by atoms with Gasteiger partial charge in [-0.25, -0.2) is 0 Å². The molecule has 0 heterocycles. The van der Waals surface area contributed by atoms with Crippen LogP contribution in [0.3, 0.4) is 0 Å². The molecule has 0 aliphatic heterocycles. The summed E-state index contributed by atoms with van der Waals surface area (Å²) in [6, 6.07) is -0.135. The number of aliphatic hydroxyl groups is 1. The van der Waals surface area contributed by atoms with Crippen molar-refractivity contribution in [2.45, 2.75) is 148 Å². The van der Waals surface area contributed by atoms with Crippen molar-refractivity contribution in [3.05, 3.63) is 0 Å². The van der Waals surface area contributed by atoms with Gasteiger partial charge < -0.3 is 15.2 Å². The zero-order valence-electron chi connectivity index (χ0n) is 20.8. The first-order valence-electron chi connectivity index (χ1n) is 13.1. The normalized spacial score (nSPS) is 13.0. The number of esters is 1. The Morgan fingerprint density at radius 1 is 0.710 bits per heavy atom. The molecule has 0 aromatic rings. The van der Waals surface area contributed by atoms with Crippen molar-refractivity contribution in [1.82, 2.24) is 5.32 Å². The zero-order valence-corrected chi connectivity index (χ0v) is 20.8. The van der Waals surface area contributed by atoms with Crippen LogP contribution < -0.4 is 5.32 Å². The monoisotopic (exact) mass is 441 g/mol. The highest BCUT2D eigenvalue weighted by atomic mass is 16.5. The summed E-state index contributed by atoms with van der Waals surface area (Å²) in [5.41, 5.74) is 0. The Hall–Kier alpha value is -1.10. The molecule has 0 rings (SSSR count). The number of carbonyl (C=O) groups excluding carboxylic acids is 2. The van der Waals surface area contributed by atoms with E-state index in [-0.39, 0.29) is 17.9 Å². The van der Waals surface area contributed by atoms with Gasteiger partial charge in [0, 0.05) is 12.8 Å². The third-order valence-electron chi connectivity index (χ3n) is 6.05. The Morgan fingerprint density at radius 2 is 1.19 bits per heavy atom. The fourth-order valence-corrected chi connectivity index (χ4v) is 3.95. The van der Waals surface area contributed by atoms with Crippen LogP contribution in [0.4, 0.5) is 0 Å². The minimum atomic E-state index is -0.454. The van der Waals surface area contributed by atoms with Crippen LogP contribution in [0.2, 0.25) is 0 Å². The molecule has 5 heteroatoms. The predicted molar refractivity (Wildman–Crippen MR) is 129 cm³/mol. The molecule has 0 aromatic carbocycles. The maximum Gasteiger partial charge on any atom is 0.305 e. The van der Waals surface area contributed by atoms with E-state index in [0.29, 0.717) is 12.8 Å². The van der Waals surface area contributed by atoms with E-state index in [0.717, 1.165) is 70.6 Å². The molecular weight excluding hydrogens is 390 g/mol. The van der Waals surface area contributed by atoms with Gasteiger partial charge in [-0.3, -0.25) is 9.59 Å². The second-order valence-electron chi connectivity index (χ2n) is 8.99. The van der Waals surface area contributed by atoms with Crippen molar-refractivity contribution in [2.24, 2.45) is 0 Å². The van der Waals surface area contributed by atoms with Crippen molar-refractivity contribution < 1.29 is 19.4 Å². The summed E-state index contributed by atoms with van der Waals surface area (Å²) in [5.74, 6) is -0.0549. The second-order valence-corrected chi connectivity index (χ2v) is 8.99. The molecule has 0 aromatic heterocycles. The van der Waals surface area contributed by atoms with Gasteiger partial charge in [-0.15, -0.1) is 0 Å². The fourth-order valence-electron chi connectivity index (χ4n) is 3.95. The largest absolute Gasteiger partial charge is 0.469 e. The molecule has 0 radical (unpaired) electrons. The third-order valence-corrected chi connectivity index (χ3v) is 6.05. The van der Waals surface area contributed by atoms with Gasteiger partial charge in [0.15, 0.2) is 0 Å². The first-order chi connectivity index (χ1) is 15.0. The molecule has 0 fully saturated rings. The van der Waals surface area contributed by atoms with Gasteiger partial charge in [-0.2, -0.15) is 0 Å². The first kappa shape index (κ1) is 29.9. The van der Waals surface area contributed by atoms with Gasteiger partial charge in [0.1, 0.15) is 0 Å². The summed E-state index contributed by atoms with van der Waals surface area (Å²) in [7, 11) is 1.43. The standard InChI is InChI=1S/C26H51NO4/c1-4-6-8-10-13-16-20-24(28)23(27-25(29)21-17-9-7-5-2)19-15-12-11-14-18-22-26(30)31-3/h23-24,28H,4-22H2,1-3H3,(H,27,29). The van der Waals surface area contributed by atoms with E-state index in [1.165, 1.54) is 45.6 Å². The smallest absolute Gasteiger partial charge is 0.305 e. The number of rotatable bonds is 22. The van der Waals surface area contributed by atoms with E-state index < -0.39 is 6.10 Å². The molecule has 2 unspecified atom stereocenters. The first-order valence-corrected chi connectivity index (χ1v) is 13.1. The number of aliphatic hydroxyl groups excluding tert-OH is 1. The predicted octanol–water partition coefficient (Wildman–Crippen LogP) is 6.46. The van der Waals surface area contributed by atoms with Crippen LogP contribution in [-0.4, -0.2) is 36.2 Å². The Morgan fingerprint density at radius 3 is 1.81 bits per heavy atom. The lowest BCUT2D eigenvalue weighted by Crippen LogP contribution is -2.43. The Kier molecular flexibility index (Phi) is 21.3. The Balaban J connectivity index is 4.25. The van der Waals surface area contributed by atoms with E-state index in [1.807, 2.05) is 0 Å². The summed E-state index contributed by atoms with van der Waals surface area (Å²) >= 11 is 0. The van der Waals surface area contributed by atoms with Crippen LogP contribution in [0.1, 0.15) is 136 Å². The number of ether oxygens (including phenoxy) is 1. The number of nitrogens with one attached hydrogen (secondary N) is 1. The van der Waals surface area contributed by atoms with Crippen LogP contribution in [0.15, 0.2) is 0 Å². The van der Waals surface area contributed by atoms with E-state index in [4.69, 9.17) is 0 Å². The van der Waals surface area contributed by atoms with Crippen LogP contribution in [0, 0.1) is 0 Å². The molecule has 0 saturated heterocycles. The van der Waals surface area contributed by atoms with Crippen molar-refractivity contribution >= 4 is 11.9 Å². The van der Waals surface area contributed by atoms with Gasteiger partial charge >= 0.3 is 5.97 Å². The highest BCUT2D eigenvalue weighted by molar-refractivity contribution is 5.76. The number of hydrogen-bond acceptors (Lipinski definition) is 4. The SMILES string of the molecule is CCCCCCCCC(O)C(CCCCCCCC(=O)OC)NC(=O)CCCCCC. The van der Waals surface area contributed by atoms with E-state index in [1.54, 1.807) is 0 Å². The van der Waals surface area contributed by atoms with Crippen molar-refractivity contribution in [3.8, 4) is 0 Å². The average molecular weight is 442 g/mol. The highest BCUT2D eigenvalue weighted by Gasteiger charge is 2.20. The summed E-state index contributed by atoms with van der Waals surface area (Å²) < 4.78 is 4.67. The van der Waals surface area contributed by atoms with Gasteiger partial charge in [0.2, 0.25) is 5.91 Å². The lowest BCUT2D eigenvalue weighted by molar-refractivity contribution is -0.140. The highest BCUT2D eigenvalue weighted by Crippen LogP contribution is 2.16. The summed E-state index contributed by atoms with van der Waals surface area (Å²) in [6.07, 6.45) is 18.8. The molecule has 0 spiro atoms. The molecule has 0 saturated carbocycles. The van der Waals surface area contributed by atoms with Gasteiger partial charge in [-0.1, -0.05) is 97.3 Å². The molecule has 5 nitrogen and oxygen atoms in total. The molecule has 2 atom stereocenters. The summed E-state index contributed by atoms with van der Waals surface area (Å²) in [4.78, 5) is 23.5. The number of methoxy groups -OCH3 is 1. The van der Waals surface area contributed by atoms with Crippen molar-refractivity contribution in [3.63, 3.8) is 0 Å². The molecule has 0 aliphatic carbocycles. The maximum absolute atomic E-state index is 12.4. The summed E-state index contributed by atoms with van der Waals surface area (Å²) in [5, 5.41) is 13.9. The van der Waals surface area contributed by atoms with E-state index in [9.17, 15) is 14.7 Å². The van der Waals surface area contributed by atoms with Gasteiger partial charge in [0.25, 0.3) is 0 Å². The average Bonchev–Trinajstić information content (AvgIpc) is 2.77. The summed E-state index contributed by atoms with van der Waals surface area (Å²) in [6.45, 7) is 4.39. The second kappa shape index (κ2) is 22.1.